The van der Waals surface area contributed by atoms with E-state index in [1.807, 2.05) is 42.1 Å². The van der Waals surface area contributed by atoms with Gasteiger partial charge in [-0.2, -0.15) is 11.8 Å². The zero-order chi connectivity index (χ0) is 14.8. The Morgan fingerprint density at radius 2 is 2.24 bits per heavy atom. The Morgan fingerprint density at radius 1 is 1.43 bits per heavy atom. The van der Waals surface area contributed by atoms with Crippen molar-refractivity contribution in [2.45, 2.75) is 30.5 Å². The van der Waals surface area contributed by atoms with Gasteiger partial charge in [-0.05, 0) is 36.5 Å². The highest BCUT2D eigenvalue weighted by molar-refractivity contribution is 7.99. The average Bonchev–Trinajstić information content (AvgIpc) is 2.96. The number of aliphatic hydroxyl groups is 1. The van der Waals surface area contributed by atoms with Gasteiger partial charge in [-0.25, -0.2) is 0 Å². The third kappa shape index (κ3) is 3.00. The molecule has 21 heavy (non-hydrogen) atoms. The second-order valence-electron chi connectivity index (χ2n) is 6.25. The molecule has 0 radical (unpaired) electrons. The first-order chi connectivity index (χ1) is 10.2. The number of hydrogen-bond donors (Lipinski definition) is 1. The van der Waals surface area contributed by atoms with Crippen LogP contribution in [0.15, 0.2) is 30.3 Å². The Bertz CT molecular complexity index is 458. The molecule has 4 heteroatoms. The number of benzene rings is 1. The van der Waals surface area contributed by atoms with Crippen LogP contribution in [-0.2, 0) is 15.1 Å². The van der Waals surface area contributed by atoms with Crippen molar-refractivity contribution in [1.29, 1.82) is 0 Å². The first-order valence-corrected chi connectivity index (χ1v) is 8.83. The maximum absolute atomic E-state index is 11.4. The van der Waals surface area contributed by atoms with E-state index in [4.69, 9.17) is 9.47 Å². The number of thioether (sulfide) groups is 1. The van der Waals surface area contributed by atoms with Crippen LogP contribution in [0.4, 0.5) is 0 Å². The van der Waals surface area contributed by atoms with Gasteiger partial charge in [-0.15, -0.1) is 0 Å². The predicted octanol–water partition coefficient (Wildman–Crippen LogP) is 2.82. The molecule has 0 amide bonds. The minimum atomic E-state index is -0.917. The summed E-state index contributed by atoms with van der Waals surface area (Å²) in [6.07, 6.45) is 2.92. The largest absolute Gasteiger partial charge is 0.382 e. The molecule has 1 N–H and O–H groups in total. The fraction of sp³-hybridized carbons (Fsp3) is 0.647. The molecule has 2 aliphatic rings. The Hall–Kier alpha value is -0.550. The highest BCUT2D eigenvalue weighted by Crippen LogP contribution is 2.46. The third-order valence-corrected chi connectivity index (χ3v) is 6.10. The van der Waals surface area contributed by atoms with E-state index in [1.54, 1.807) is 7.11 Å². The molecule has 0 bridgehead atoms. The second-order valence-corrected chi connectivity index (χ2v) is 7.35. The van der Waals surface area contributed by atoms with Gasteiger partial charge in [0.15, 0.2) is 0 Å². The Morgan fingerprint density at radius 3 is 2.90 bits per heavy atom. The third-order valence-electron chi connectivity index (χ3n) is 4.87. The van der Waals surface area contributed by atoms with E-state index in [9.17, 15) is 5.11 Å². The zero-order valence-electron chi connectivity index (χ0n) is 12.6. The van der Waals surface area contributed by atoms with Crippen molar-refractivity contribution in [3.8, 4) is 0 Å². The van der Waals surface area contributed by atoms with Crippen LogP contribution in [0, 0.1) is 5.92 Å². The number of hydrogen-bond acceptors (Lipinski definition) is 4. The van der Waals surface area contributed by atoms with Crippen LogP contribution in [0.2, 0.25) is 0 Å². The van der Waals surface area contributed by atoms with Crippen LogP contribution in [-0.4, -0.2) is 42.5 Å². The molecule has 3 nitrogen and oxygen atoms in total. The van der Waals surface area contributed by atoms with Gasteiger partial charge < -0.3 is 14.6 Å². The van der Waals surface area contributed by atoms with E-state index >= 15 is 0 Å². The molecule has 2 fully saturated rings. The maximum Gasteiger partial charge on any atom is 0.116 e. The normalized spacial score (nSPS) is 32.2. The lowest BCUT2D eigenvalue weighted by molar-refractivity contribution is -0.153. The van der Waals surface area contributed by atoms with Gasteiger partial charge >= 0.3 is 0 Å². The van der Waals surface area contributed by atoms with Crippen molar-refractivity contribution in [2.75, 3.05) is 31.8 Å². The van der Waals surface area contributed by atoms with Crippen LogP contribution >= 0.6 is 11.8 Å². The molecule has 2 saturated heterocycles. The van der Waals surface area contributed by atoms with Crippen molar-refractivity contribution in [2.24, 2.45) is 5.92 Å². The molecule has 116 valence electrons. The molecular formula is C17H24O3S. The summed E-state index contributed by atoms with van der Waals surface area (Å²) in [5.41, 5.74) is 0.0176. The van der Waals surface area contributed by atoms with Crippen LogP contribution < -0.4 is 0 Å². The minimum absolute atomic E-state index is 0.0237. The van der Waals surface area contributed by atoms with Gasteiger partial charge in [-0.3, -0.25) is 0 Å². The fourth-order valence-electron chi connectivity index (χ4n) is 3.68. The summed E-state index contributed by atoms with van der Waals surface area (Å²) >= 11 is 1.96. The Balaban J connectivity index is 1.86. The number of ether oxygens (including phenoxy) is 2. The van der Waals surface area contributed by atoms with Crippen molar-refractivity contribution < 1.29 is 14.6 Å². The van der Waals surface area contributed by atoms with Crippen molar-refractivity contribution in [3.05, 3.63) is 35.9 Å². The molecule has 3 unspecified atom stereocenters. The zero-order valence-corrected chi connectivity index (χ0v) is 13.4. The summed E-state index contributed by atoms with van der Waals surface area (Å²) in [6, 6.07) is 9.96. The van der Waals surface area contributed by atoms with E-state index in [0.717, 1.165) is 37.2 Å². The van der Waals surface area contributed by atoms with Crippen LogP contribution in [0.1, 0.15) is 24.8 Å². The SMILES string of the molecule is COCC(O)(c1ccccc1)C1CCOC2(CCSC2)C1. The first kappa shape index (κ1) is 15.3. The lowest BCUT2D eigenvalue weighted by Gasteiger charge is -2.45. The standard InChI is InChI=1S/C17H24O3S/c1-19-12-17(18,14-5-3-2-4-6-14)15-7-9-20-16(11-15)8-10-21-13-16/h2-6,15,18H,7-13H2,1H3. The maximum atomic E-state index is 11.4. The molecule has 1 aromatic carbocycles. The van der Waals surface area contributed by atoms with Gasteiger partial charge in [0.25, 0.3) is 0 Å². The molecule has 0 aliphatic carbocycles. The molecule has 1 spiro atoms. The average molecular weight is 308 g/mol. The summed E-state index contributed by atoms with van der Waals surface area (Å²) in [5.74, 6) is 2.41. The number of rotatable bonds is 4. The van der Waals surface area contributed by atoms with Gasteiger partial charge in [0.2, 0.25) is 0 Å². The van der Waals surface area contributed by atoms with E-state index in [2.05, 4.69) is 0 Å². The van der Waals surface area contributed by atoms with E-state index in [-0.39, 0.29) is 11.5 Å². The summed E-state index contributed by atoms with van der Waals surface area (Å²) < 4.78 is 11.5. The Labute approximate surface area is 131 Å². The predicted molar refractivity (Wildman–Crippen MR) is 85.6 cm³/mol. The molecule has 0 saturated carbocycles. The van der Waals surface area contributed by atoms with Gasteiger partial charge in [-0.1, -0.05) is 30.3 Å². The highest BCUT2D eigenvalue weighted by atomic mass is 32.2. The smallest absolute Gasteiger partial charge is 0.116 e. The lowest BCUT2D eigenvalue weighted by atomic mass is 9.72. The van der Waals surface area contributed by atoms with E-state index < -0.39 is 5.60 Å². The van der Waals surface area contributed by atoms with Gasteiger partial charge in [0.1, 0.15) is 5.60 Å². The Kier molecular flexibility index (Phi) is 4.60. The van der Waals surface area contributed by atoms with Gasteiger partial charge in [0, 0.05) is 19.5 Å². The van der Waals surface area contributed by atoms with Crippen LogP contribution in [0.5, 0.6) is 0 Å². The summed E-state index contributed by atoms with van der Waals surface area (Å²) in [6.45, 7) is 1.08. The summed E-state index contributed by atoms with van der Waals surface area (Å²) in [4.78, 5) is 0. The van der Waals surface area contributed by atoms with Gasteiger partial charge in [0.05, 0.1) is 12.2 Å². The van der Waals surface area contributed by atoms with Crippen LogP contribution in [0.3, 0.4) is 0 Å². The molecule has 3 rings (SSSR count). The van der Waals surface area contributed by atoms with E-state index in [0.29, 0.717) is 6.61 Å². The topological polar surface area (TPSA) is 38.7 Å². The molecule has 2 aliphatic heterocycles. The highest BCUT2D eigenvalue weighted by Gasteiger charge is 2.48. The van der Waals surface area contributed by atoms with Crippen molar-refractivity contribution >= 4 is 11.8 Å². The van der Waals surface area contributed by atoms with Crippen LogP contribution in [0.25, 0.3) is 0 Å². The summed E-state index contributed by atoms with van der Waals surface area (Å²) in [7, 11) is 1.66. The second kappa shape index (κ2) is 6.29. The van der Waals surface area contributed by atoms with Crippen molar-refractivity contribution in [1.82, 2.24) is 0 Å². The van der Waals surface area contributed by atoms with E-state index in [1.165, 1.54) is 5.75 Å². The quantitative estimate of drug-likeness (QED) is 0.928. The fourth-order valence-corrected chi connectivity index (χ4v) is 5.06. The lowest BCUT2D eigenvalue weighted by Crippen LogP contribution is -2.49. The molecule has 3 atom stereocenters. The van der Waals surface area contributed by atoms with Crippen molar-refractivity contribution in [3.63, 3.8) is 0 Å². The first-order valence-electron chi connectivity index (χ1n) is 7.67. The molecular weight excluding hydrogens is 284 g/mol. The minimum Gasteiger partial charge on any atom is -0.382 e. The molecule has 1 aromatic rings. The number of methoxy groups -OCH3 is 1. The summed E-state index contributed by atoms with van der Waals surface area (Å²) in [5, 5.41) is 11.4. The molecule has 0 aromatic heterocycles. The molecule has 2 heterocycles. The monoisotopic (exact) mass is 308 g/mol.